The van der Waals surface area contributed by atoms with E-state index in [0.29, 0.717) is 11.4 Å². The molecule has 0 spiro atoms. The van der Waals surface area contributed by atoms with E-state index in [4.69, 9.17) is 9.26 Å². The molecule has 116 valence electrons. The van der Waals surface area contributed by atoms with E-state index in [9.17, 15) is 4.79 Å². The van der Waals surface area contributed by atoms with Crippen LogP contribution in [0.4, 0.5) is 5.82 Å². The van der Waals surface area contributed by atoms with Gasteiger partial charge in [0, 0.05) is 24.8 Å². The molecule has 1 aliphatic heterocycles. The van der Waals surface area contributed by atoms with E-state index in [1.165, 1.54) is 19.3 Å². The fourth-order valence-corrected chi connectivity index (χ4v) is 2.44. The highest BCUT2D eigenvalue weighted by Gasteiger charge is 2.18. The van der Waals surface area contributed by atoms with E-state index in [0.717, 1.165) is 18.9 Å². The van der Waals surface area contributed by atoms with Crippen molar-refractivity contribution < 1.29 is 14.1 Å². The first-order chi connectivity index (χ1) is 10.8. The van der Waals surface area contributed by atoms with Crippen LogP contribution < -0.4 is 4.90 Å². The van der Waals surface area contributed by atoms with Crippen molar-refractivity contribution in [3.05, 3.63) is 24.2 Å². The van der Waals surface area contributed by atoms with Crippen molar-refractivity contribution in [1.29, 1.82) is 0 Å². The van der Waals surface area contributed by atoms with Gasteiger partial charge in [0.2, 0.25) is 5.82 Å². The molecular formula is C15H18N4O3. The van der Waals surface area contributed by atoms with Gasteiger partial charge in [0.1, 0.15) is 5.82 Å². The van der Waals surface area contributed by atoms with Gasteiger partial charge in [0.15, 0.2) is 0 Å². The first-order valence-electron chi connectivity index (χ1n) is 7.50. The third-order valence-corrected chi connectivity index (χ3v) is 3.56. The van der Waals surface area contributed by atoms with E-state index >= 15 is 0 Å². The van der Waals surface area contributed by atoms with Crippen LogP contribution in [0, 0.1) is 0 Å². The maximum atomic E-state index is 11.5. The van der Waals surface area contributed by atoms with Gasteiger partial charge in [0.25, 0.3) is 0 Å². The number of nitrogens with zero attached hydrogens (tertiary/aromatic N) is 4. The summed E-state index contributed by atoms with van der Waals surface area (Å²) in [5.74, 6) is 0.536. The van der Waals surface area contributed by atoms with Gasteiger partial charge >= 0.3 is 11.9 Å². The molecule has 1 aliphatic rings. The Morgan fingerprint density at radius 2 is 2.14 bits per heavy atom. The highest BCUT2D eigenvalue weighted by Crippen LogP contribution is 2.21. The summed E-state index contributed by atoms with van der Waals surface area (Å²) in [7, 11) is 0. The molecule has 0 radical (unpaired) electrons. The van der Waals surface area contributed by atoms with Gasteiger partial charge in [-0.2, -0.15) is 4.98 Å². The second-order valence-corrected chi connectivity index (χ2v) is 5.10. The maximum absolute atomic E-state index is 11.5. The van der Waals surface area contributed by atoms with Crippen LogP contribution in [0.15, 0.2) is 22.9 Å². The number of esters is 1. The van der Waals surface area contributed by atoms with Crippen molar-refractivity contribution in [2.24, 2.45) is 0 Å². The average Bonchev–Trinajstić information content (AvgIpc) is 3.06. The molecule has 3 rings (SSSR count). The summed E-state index contributed by atoms with van der Waals surface area (Å²) in [5, 5.41) is 3.79. The zero-order valence-electron chi connectivity index (χ0n) is 12.5. The number of carbonyl (C=O) groups is 1. The zero-order valence-corrected chi connectivity index (χ0v) is 12.5. The lowest BCUT2D eigenvalue weighted by molar-refractivity contribution is 0.0470. The fourth-order valence-electron chi connectivity index (χ4n) is 2.44. The Kier molecular flexibility index (Phi) is 4.32. The van der Waals surface area contributed by atoms with Crippen LogP contribution in [0.1, 0.15) is 36.9 Å². The standard InChI is InChI=1S/C15H18N4O3/c1-2-21-15(20)14-17-13(18-22-14)11-6-7-12(16-10-11)19-8-4-3-5-9-19/h6-7,10H,2-5,8-9H2,1H3. The monoisotopic (exact) mass is 302 g/mol. The van der Waals surface area contributed by atoms with Gasteiger partial charge < -0.3 is 14.2 Å². The largest absolute Gasteiger partial charge is 0.459 e. The Morgan fingerprint density at radius 3 is 2.82 bits per heavy atom. The van der Waals surface area contributed by atoms with Gasteiger partial charge in [-0.3, -0.25) is 0 Å². The van der Waals surface area contributed by atoms with Crippen molar-refractivity contribution in [3.63, 3.8) is 0 Å². The predicted molar refractivity (Wildman–Crippen MR) is 79.5 cm³/mol. The molecule has 0 aromatic carbocycles. The van der Waals surface area contributed by atoms with E-state index < -0.39 is 5.97 Å². The van der Waals surface area contributed by atoms with Crippen LogP contribution >= 0.6 is 0 Å². The number of ether oxygens (including phenoxy) is 1. The van der Waals surface area contributed by atoms with Crippen LogP contribution in [0.5, 0.6) is 0 Å². The van der Waals surface area contributed by atoms with Crippen molar-refractivity contribution in [2.45, 2.75) is 26.2 Å². The number of carbonyl (C=O) groups excluding carboxylic acids is 1. The van der Waals surface area contributed by atoms with Gasteiger partial charge in [0.05, 0.1) is 6.61 Å². The summed E-state index contributed by atoms with van der Waals surface area (Å²) in [4.78, 5) is 22.3. The summed E-state index contributed by atoms with van der Waals surface area (Å²) in [6.07, 6.45) is 5.39. The zero-order chi connectivity index (χ0) is 15.4. The quantitative estimate of drug-likeness (QED) is 0.801. The van der Waals surface area contributed by atoms with Gasteiger partial charge in [-0.15, -0.1) is 0 Å². The molecule has 0 bridgehead atoms. The lowest BCUT2D eigenvalue weighted by atomic mass is 10.1. The van der Waals surface area contributed by atoms with Crippen molar-refractivity contribution in [1.82, 2.24) is 15.1 Å². The summed E-state index contributed by atoms with van der Waals surface area (Å²) in [6, 6.07) is 3.83. The van der Waals surface area contributed by atoms with Crippen molar-refractivity contribution in [2.75, 3.05) is 24.6 Å². The number of aromatic nitrogens is 3. The molecule has 1 fully saturated rings. The minimum Gasteiger partial charge on any atom is -0.459 e. The van der Waals surface area contributed by atoms with Crippen LogP contribution in [0.3, 0.4) is 0 Å². The molecule has 7 nitrogen and oxygen atoms in total. The number of piperidine rings is 1. The Hall–Kier alpha value is -2.44. The lowest BCUT2D eigenvalue weighted by Gasteiger charge is -2.27. The number of pyridine rings is 1. The summed E-state index contributed by atoms with van der Waals surface area (Å²) < 4.78 is 9.72. The minimum atomic E-state index is -0.612. The number of hydrogen-bond donors (Lipinski definition) is 0. The topological polar surface area (TPSA) is 81.4 Å². The van der Waals surface area contributed by atoms with E-state index in [2.05, 4.69) is 20.0 Å². The molecule has 2 aromatic rings. The second kappa shape index (κ2) is 6.55. The van der Waals surface area contributed by atoms with E-state index in [1.54, 1.807) is 13.1 Å². The smallest absolute Gasteiger partial charge is 0.397 e. The van der Waals surface area contributed by atoms with Crippen LogP contribution in [0.2, 0.25) is 0 Å². The molecule has 0 amide bonds. The number of anilines is 1. The molecule has 0 unspecified atom stereocenters. The van der Waals surface area contributed by atoms with Crippen molar-refractivity contribution in [3.8, 4) is 11.4 Å². The van der Waals surface area contributed by atoms with Gasteiger partial charge in [-0.25, -0.2) is 9.78 Å². The molecule has 2 aromatic heterocycles. The van der Waals surface area contributed by atoms with Gasteiger partial charge in [-0.1, -0.05) is 5.16 Å². The molecule has 0 atom stereocenters. The fraction of sp³-hybridized carbons (Fsp3) is 0.467. The first-order valence-corrected chi connectivity index (χ1v) is 7.50. The summed E-state index contributed by atoms with van der Waals surface area (Å²) in [6.45, 7) is 4.07. The Bertz CT molecular complexity index is 632. The molecule has 22 heavy (non-hydrogen) atoms. The van der Waals surface area contributed by atoms with Crippen LogP contribution in [-0.4, -0.2) is 40.8 Å². The average molecular weight is 302 g/mol. The minimum absolute atomic E-state index is 0.142. The molecular weight excluding hydrogens is 284 g/mol. The third kappa shape index (κ3) is 3.08. The van der Waals surface area contributed by atoms with Crippen LogP contribution in [-0.2, 0) is 4.74 Å². The SMILES string of the molecule is CCOC(=O)c1nc(-c2ccc(N3CCCCC3)nc2)no1. The van der Waals surface area contributed by atoms with Gasteiger partial charge in [-0.05, 0) is 38.3 Å². The molecule has 7 heteroatoms. The third-order valence-electron chi connectivity index (χ3n) is 3.56. The normalized spacial score (nSPS) is 14.9. The molecule has 1 saturated heterocycles. The Labute approximate surface area is 128 Å². The van der Waals surface area contributed by atoms with Crippen molar-refractivity contribution >= 4 is 11.8 Å². The predicted octanol–water partition coefficient (Wildman–Crippen LogP) is 2.30. The Balaban J connectivity index is 1.73. The van der Waals surface area contributed by atoms with E-state index in [-0.39, 0.29) is 12.5 Å². The maximum Gasteiger partial charge on any atom is 0.397 e. The molecule has 0 saturated carbocycles. The highest BCUT2D eigenvalue weighted by atomic mass is 16.6. The number of rotatable bonds is 4. The highest BCUT2D eigenvalue weighted by molar-refractivity contribution is 5.84. The molecule has 0 aliphatic carbocycles. The summed E-state index contributed by atoms with van der Waals surface area (Å²) >= 11 is 0. The van der Waals surface area contributed by atoms with Crippen LogP contribution in [0.25, 0.3) is 11.4 Å². The lowest BCUT2D eigenvalue weighted by Crippen LogP contribution is -2.29. The molecule has 3 heterocycles. The van der Waals surface area contributed by atoms with E-state index in [1.807, 2.05) is 12.1 Å². The Morgan fingerprint density at radius 1 is 1.32 bits per heavy atom. The number of hydrogen-bond acceptors (Lipinski definition) is 7. The second-order valence-electron chi connectivity index (χ2n) is 5.10. The molecule has 0 N–H and O–H groups in total. The first kappa shape index (κ1) is 14.5. The summed E-state index contributed by atoms with van der Waals surface area (Å²) in [5.41, 5.74) is 0.708.